The molecule has 1 N–H and O–H groups in total. The van der Waals surface area contributed by atoms with E-state index in [1.165, 1.54) is 23.0 Å². The molecule has 0 atom stereocenters. The molecule has 0 aliphatic heterocycles. The van der Waals surface area contributed by atoms with E-state index in [2.05, 4.69) is 4.98 Å². The Balaban J connectivity index is 2.78. The molecule has 1 aromatic heterocycles. The second-order valence-electron chi connectivity index (χ2n) is 2.76. The second kappa shape index (κ2) is 4.36. The highest BCUT2D eigenvalue weighted by molar-refractivity contribution is 5.79. The summed E-state index contributed by atoms with van der Waals surface area (Å²) in [6, 6.07) is 1.40. The molecule has 5 nitrogen and oxygen atoms in total. The van der Waals surface area contributed by atoms with E-state index in [1.807, 2.05) is 0 Å². The van der Waals surface area contributed by atoms with Crippen molar-refractivity contribution in [1.82, 2.24) is 9.55 Å². The molecule has 74 valence electrons. The molecule has 0 unspecified atom stereocenters. The normalized spacial score (nSPS) is 10.6. The van der Waals surface area contributed by atoms with Crippen LogP contribution in [0, 0.1) is 6.92 Å². The van der Waals surface area contributed by atoms with Crippen molar-refractivity contribution in [3.8, 4) is 0 Å². The van der Waals surface area contributed by atoms with Crippen LogP contribution in [0.1, 0.15) is 5.69 Å². The van der Waals surface area contributed by atoms with Gasteiger partial charge in [0, 0.05) is 24.4 Å². The van der Waals surface area contributed by atoms with E-state index in [4.69, 9.17) is 5.11 Å². The fourth-order valence-electron chi connectivity index (χ4n) is 0.921. The highest BCUT2D eigenvalue weighted by atomic mass is 16.4. The lowest BCUT2D eigenvalue weighted by molar-refractivity contribution is -0.131. The van der Waals surface area contributed by atoms with Crippen LogP contribution in [0.5, 0.6) is 0 Å². The van der Waals surface area contributed by atoms with Gasteiger partial charge in [-0.05, 0) is 6.92 Å². The number of aliphatic carboxylic acids is 1. The second-order valence-corrected chi connectivity index (χ2v) is 2.76. The third kappa shape index (κ3) is 2.85. The number of aromatic nitrogens is 2. The maximum atomic E-state index is 11.3. The first-order valence-corrected chi connectivity index (χ1v) is 4.02. The lowest BCUT2D eigenvalue weighted by atomic mass is 10.4. The number of rotatable bonds is 3. The van der Waals surface area contributed by atoms with Crippen molar-refractivity contribution in [1.29, 1.82) is 0 Å². The summed E-state index contributed by atoms with van der Waals surface area (Å²) in [5, 5.41) is 8.32. The summed E-state index contributed by atoms with van der Waals surface area (Å²) in [5.74, 6) is -1.03. The molecule has 0 aliphatic rings. The molecule has 1 heterocycles. The van der Waals surface area contributed by atoms with Gasteiger partial charge in [-0.25, -0.2) is 9.78 Å². The minimum absolute atomic E-state index is 0.187. The Morgan fingerprint density at radius 3 is 3.00 bits per heavy atom. The van der Waals surface area contributed by atoms with E-state index in [0.717, 1.165) is 6.08 Å². The van der Waals surface area contributed by atoms with Gasteiger partial charge in [-0.2, -0.15) is 0 Å². The summed E-state index contributed by atoms with van der Waals surface area (Å²) in [6.45, 7) is 1.94. The Kier molecular flexibility index (Phi) is 3.17. The molecule has 0 fully saturated rings. The molecular weight excluding hydrogens is 184 g/mol. The lowest BCUT2D eigenvalue weighted by Gasteiger charge is -1.99. The SMILES string of the molecule is Cc1cc(=O)n(C/C=C/C(=O)O)cn1. The van der Waals surface area contributed by atoms with Crippen molar-refractivity contribution in [2.75, 3.05) is 0 Å². The summed E-state index contributed by atoms with van der Waals surface area (Å²) >= 11 is 0. The molecule has 0 aliphatic carbocycles. The molecule has 0 saturated heterocycles. The molecule has 0 radical (unpaired) electrons. The molecule has 14 heavy (non-hydrogen) atoms. The number of aryl methyl sites for hydroxylation is 1. The van der Waals surface area contributed by atoms with Crippen LogP contribution in [-0.4, -0.2) is 20.6 Å². The van der Waals surface area contributed by atoms with Gasteiger partial charge in [-0.15, -0.1) is 0 Å². The molecule has 5 heteroatoms. The van der Waals surface area contributed by atoms with Gasteiger partial charge in [0.15, 0.2) is 0 Å². The number of nitrogens with zero attached hydrogens (tertiary/aromatic N) is 2. The van der Waals surface area contributed by atoms with Crippen LogP contribution in [0.2, 0.25) is 0 Å². The average molecular weight is 194 g/mol. The predicted molar refractivity (Wildman–Crippen MR) is 50.0 cm³/mol. The van der Waals surface area contributed by atoms with Gasteiger partial charge in [0.2, 0.25) is 0 Å². The van der Waals surface area contributed by atoms with Crippen LogP contribution in [0.3, 0.4) is 0 Å². The van der Waals surface area contributed by atoms with Gasteiger partial charge in [0.25, 0.3) is 5.56 Å². The Morgan fingerprint density at radius 1 is 1.71 bits per heavy atom. The molecule has 1 aromatic rings. The number of carboxylic acids is 1. The van der Waals surface area contributed by atoms with Crippen molar-refractivity contribution in [3.63, 3.8) is 0 Å². The lowest BCUT2D eigenvalue weighted by Crippen LogP contribution is -2.19. The van der Waals surface area contributed by atoms with Crippen LogP contribution in [0.25, 0.3) is 0 Å². The molecule has 1 rings (SSSR count). The molecular formula is C9H10N2O3. The van der Waals surface area contributed by atoms with Crippen molar-refractivity contribution in [2.24, 2.45) is 0 Å². The van der Waals surface area contributed by atoms with E-state index in [0.29, 0.717) is 5.69 Å². The highest BCUT2D eigenvalue weighted by Crippen LogP contribution is 1.86. The van der Waals surface area contributed by atoms with Crippen molar-refractivity contribution in [3.05, 3.63) is 40.6 Å². The highest BCUT2D eigenvalue weighted by Gasteiger charge is 1.94. The van der Waals surface area contributed by atoms with Crippen LogP contribution in [-0.2, 0) is 11.3 Å². The molecule has 0 bridgehead atoms. The van der Waals surface area contributed by atoms with Crippen molar-refractivity contribution >= 4 is 5.97 Å². The quantitative estimate of drug-likeness (QED) is 0.697. The summed E-state index contributed by atoms with van der Waals surface area (Å²) in [4.78, 5) is 25.3. The van der Waals surface area contributed by atoms with Crippen LogP contribution in [0.15, 0.2) is 29.3 Å². The maximum absolute atomic E-state index is 11.3. The molecule has 0 spiro atoms. The van der Waals surface area contributed by atoms with E-state index in [9.17, 15) is 9.59 Å². The largest absolute Gasteiger partial charge is 0.478 e. The molecule has 0 saturated carbocycles. The topological polar surface area (TPSA) is 72.2 Å². The van der Waals surface area contributed by atoms with Gasteiger partial charge >= 0.3 is 5.97 Å². The van der Waals surface area contributed by atoms with Gasteiger partial charge in [-0.3, -0.25) is 9.36 Å². The fraction of sp³-hybridized carbons (Fsp3) is 0.222. The number of carboxylic acid groups (broad SMARTS) is 1. The first-order chi connectivity index (χ1) is 6.59. The zero-order chi connectivity index (χ0) is 10.6. The Bertz CT molecular complexity index is 420. The fourth-order valence-corrected chi connectivity index (χ4v) is 0.921. The van der Waals surface area contributed by atoms with Gasteiger partial charge in [0.1, 0.15) is 0 Å². The van der Waals surface area contributed by atoms with Crippen LogP contribution in [0.4, 0.5) is 0 Å². The molecule has 0 amide bonds. The van der Waals surface area contributed by atoms with E-state index >= 15 is 0 Å². The number of hydrogen-bond acceptors (Lipinski definition) is 3. The zero-order valence-corrected chi connectivity index (χ0v) is 7.67. The van der Waals surface area contributed by atoms with Gasteiger partial charge < -0.3 is 5.11 Å². The first-order valence-electron chi connectivity index (χ1n) is 4.02. The van der Waals surface area contributed by atoms with Gasteiger partial charge in [-0.1, -0.05) is 6.08 Å². The van der Waals surface area contributed by atoms with Crippen LogP contribution >= 0.6 is 0 Å². The Hall–Kier alpha value is -1.91. The summed E-state index contributed by atoms with van der Waals surface area (Å²) in [6.07, 6.45) is 3.77. The molecule has 0 aromatic carbocycles. The predicted octanol–water partition coefficient (Wildman–Crippen LogP) is 0.193. The van der Waals surface area contributed by atoms with Crippen LogP contribution < -0.4 is 5.56 Å². The number of allylic oxidation sites excluding steroid dienone is 1. The van der Waals surface area contributed by atoms with E-state index in [1.54, 1.807) is 6.92 Å². The van der Waals surface area contributed by atoms with Gasteiger partial charge in [0.05, 0.1) is 6.33 Å². The zero-order valence-electron chi connectivity index (χ0n) is 7.67. The number of hydrogen-bond donors (Lipinski definition) is 1. The monoisotopic (exact) mass is 194 g/mol. The number of carbonyl (C=O) groups is 1. The maximum Gasteiger partial charge on any atom is 0.328 e. The van der Waals surface area contributed by atoms with E-state index < -0.39 is 5.97 Å². The average Bonchev–Trinajstić information content (AvgIpc) is 2.08. The summed E-state index contributed by atoms with van der Waals surface area (Å²) < 4.78 is 1.33. The standard InChI is InChI=1S/C9H10N2O3/c1-7-5-8(12)11(6-10-7)4-2-3-9(13)14/h2-3,5-6H,4H2,1H3,(H,13,14)/b3-2+. The van der Waals surface area contributed by atoms with E-state index in [-0.39, 0.29) is 12.1 Å². The third-order valence-electron chi connectivity index (χ3n) is 1.58. The Morgan fingerprint density at radius 2 is 2.43 bits per heavy atom. The Labute approximate surface area is 80.3 Å². The minimum atomic E-state index is -1.03. The van der Waals surface area contributed by atoms with Crippen molar-refractivity contribution in [2.45, 2.75) is 13.5 Å². The first kappa shape index (κ1) is 10.2. The van der Waals surface area contributed by atoms with Crippen molar-refractivity contribution < 1.29 is 9.90 Å². The summed E-state index contributed by atoms with van der Waals surface area (Å²) in [7, 11) is 0. The third-order valence-corrected chi connectivity index (χ3v) is 1.58. The smallest absolute Gasteiger partial charge is 0.328 e. The summed E-state index contributed by atoms with van der Waals surface area (Å²) in [5.41, 5.74) is 0.459. The minimum Gasteiger partial charge on any atom is -0.478 e.